The molecule has 0 radical (unpaired) electrons. The highest BCUT2D eigenvalue weighted by atomic mass is 35.5. The number of benzene rings is 1. The van der Waals surface area contributed by atoms with Gasteiger partial charge < -0.3 is 10.8 Å². The summed E-state index contributed by atoms with van der Waals surface area (Å²) < 4.78 is 0. The Morgan fingerprint density at radius 1 is 1.18 bits per heavy atom. The van der Waals surface area contributed by atoms with Gasteiger partial charge in [-0.05, 0) is 18.4 Å². The predicted octanol–water partition coefficient (Wildman–Crippen LogP) is 3.36. The Morgan fingerprint density at radius 3 is 2.27 bits per heavy atom. The maximum atomic E-state index is 12.7. The molecule has 4 nitrogen and oxygen atoms in total. The lowest BCUT2D eigenvalue weighted by Gasteiger charge is -2.40. The smallest absolute Gasteiger partial charge is 0.303 e. The van der Waals surface area contributed by atoms with Crippen molar-refractivity contribution >= 4 is 23.4 Å². The monoisotopic (exact) mass is 323 g/mol. The molecule has 3 N–H and O–H groups in total. The third-order valence-corrected chi connectivity index (χ3v) is 5.00. The van der Waals surface area contributed by atoms with Crippen molar-refractivity contribution in [3.05, 3.63) is 35.4 Å². The number of halogens is 1. The van der Waals surface area contributed by atoms with Crippen molar-refractivity contribution in [2.75, 3.05) is 0 Å². The van der Waals surface area contributed by atoms with Crippen molar-refractivity contribution in [3.63, 3.8) is 0 Å². The number of carbonyl (C=O) groups is 2. The number of nitrogens with two attached hydrogens (primary N) is 1. The second-order valence-corrected chi connectivity index (χ2v) is 6.43. The van der Waals surface area contributed by atoms with Gasteiger partial charge in [0.15, 0.2) is 5.78 Å². The molecular formula is C17H22ClNO3. The summed E-state index contributed by atoms with van der Waals surface area (Å²) in [5, 5.41) is 9.22. The topological polar surface area (TPSA) is 80.4 Å². The van der Waals surface area contributed by atoms with Crippen LogP contribution in [0.15, 0.2) is 24.3 Å². The van der Waals surface area contributed by atoms with E-state index in [1.807, 2.05) is 0 Å². The summed E-state index contributed by atoms with van der Waals surface area (Å²) in [5.74, 6) is -0.671. The molecular weight excluding hydrogens is 302 g/mol. The van der Waals surface area contributed by atoms with E-state index >= 15 is 0 Å². The highest BCUT2D eigenvalue weighted by molar-refractivity contribution is 6.17. The van der Waals surface area contributed by atoms with E-state index in [-0.39, 0.29) is 12.2 Å². The van der Waals surface area contributed by atoms with Crippen LogP contribution in [0.3, 0.4) is 0 Å². The van der Waals surface area contributed by atoms with Crippen LogP contribution >= 0.6 is 11.6 Å². The Kier molecular flexibility index (Phi) is 5.59. The Morgan fingerprint density at radius 2 is 1.77 bits per heavy atom. The Balaban J connectivity index is 2.22. The molecule has 1 atom stereocenters. The van der Waals surface area contributed by atoms with E-state index in [9.17, 15) is 14.7 Å². The van der Waals surface area contributed by atoms with Crippen LogP contribution in [0.2, 0.25) is 0 Å². The van der Waals surface area contributed by atoms with Crippen LogP contribution < -0.4 is 5.73 Å². The van der Waals surface area contributed by atoms with Gasteiger partial charge in [-0.2, -0.15) is 0 Å². The van der Waals surface area contributed by atoms with E-state index in [0.29, 0.717) is 24.3 Å². The summed E-state index contributed by atoms with van der Waals surface area (Å²) in [6.45, 7) is 0. The van der Waals surface area contributed by atoms with Gasteiger partial charge in [-0.25, -0.2) is 0 Å². The van der Waals surface area contributed by atoms with Gasteiger partial charge in [0.25, 0.3) is 0 Å². The largest absolute Gasteiger partial charge is 0.481 e. The molecule has 120 valence electrons. The first-order valence-corrected chi connectivity index (χ1v) is 8.18. The van der Waals surface area contributed by atoms with Crippen molar-refractivity contribution in [2.24, 2.45) is 11.1 Å². The van der Waals surface area contributed by atoms with Gasteiger partial charge in [0, 0.05) is 16.9 Å². The maximum Gasteiger partial charge on any atom is 0.303 e. The number of carbonyl (C=O) groups excluding carboxylic acids is 1. The first-order valence-electron chi connectivity index (χ1n) is 7.65. The molecule has 0 aromatic heterocycles. The fourth-order valence-electron chi connectivity index (χ4n) is 3.37. The molecule has 1 aromatic rings. The van der Waals surface area contributed by atoms with Gasteiger partial charge in [0.1, 0.15) is 0 Å². The van der Waals surface area contributed by atoms with Crippen molar-refractivity contribution in [1.82, 2.24) is 0 Å². The van der Waals surface area contributed by atoms with E-state index in [0.717, 1.165) is 24.8 Å². The Bertz CT molecular complexity index is 535. The molecule has 1 saturated carbocycles. The first kappa shape index (κ1) is 17.0. The number of alkyl halides is 1. The summed E-state index contributed by atoms with van der Waals surface area (Å²) in [7, 11) is 0. The van der Waals surface area contributed by atoms with Gasteiger partial charge in [0.05, 0.1) is 12.5 Å². The third kappa shape index (κ3) is 3.68. The molecule has 0 amide bonds. The summed E-state index contributed by atoms with van der Waals surface area (Å²) in [5.41, 5.74) is 7.08. The van der Waals surface area contributed by atoms with Gasteiger partial charge in [-0.15, -0.1) is 11.6 Å². The van der Waals surface area contributed by atoms with Crippen molar-refractivity contribution in [2.45, 2.75) is 50.4 Å². The average Bonchev–Trinajstić information content (AvgIpc) is 2.53. The fourth-order valence-corrected chi connectivity index (χ4v) is 3.55. The molecule has 0 bridgehead atoms. The van der Waals surface area contributed by atoms with E-state index in [1.165, 1.54) is 0 Å². The lowest BCUT2D eigenvalue weighted by Crippen LogP contribution is -2.49. The number of hydrogen-bond donors (Lipinski definition) is 2. The summed E-state index contributed by atoms with van der Waals surface area (Å²) >= 11 is 5.75. The van der Waals surface area contributed by atoms with Crippen LogP contribution in [0.25, 0.3) is 0 Å². The molecule has 5 heteroatoms. The quantitative estimate of drug-likeness (QED) is 0.621. The zero-order valence-corrected chi connectivity index (χ0v) is 13.3. The van der Waals surface area contributed by atoms with Crippen LogP contribution in [0.4, 0.5) is 0 Å². The standard InChI is InChI=1S/C17H22ClNO3/c18-11-12-4-6-13(7-5-12)15(22)16(19)17(10-14(20)21)8-2-1-3-9-17/h4-7,16H,1-3,8-11,19H2,(H,20,21). The van der Waals surface area contributed by atoms with Crippen molar-refractivity contribution in [1.29, 1.82) is 0 Å². The Hall–Kier alpha value is -1.39. The zero-order chi connectivity index (χ0) is 16.2. The molecule has 1 aromatic carbocycles. The predicted molar refractivity (Wildman–Crippen MR) is 86.1 cm³/mol. The SMILES string of the molecule is NC(C(=O)c1ccc(CCl)cc1)C1(CC(=O)O)CCCCC1. The average molecular weight is 324 g/mol. The molecule has 1 aliphatic carbocycles. The number of rotatable bonds is 6. The number of ketones is 1. The van der Waals surface area contributed by atoms with Crippen molar-refractivity contribution in [3.8, 4) is 0 Å². The van der Waals surface area contributed by atoms with Crippen LogP contribution in [0.5, 0.6) is 0 Å². The van der Waals surface area contributed by atoms with Gasteiger partial charge in [-0.1, -0.05) is 43.5 Å². The molecule has 0 heterocycles. The Labute approximate surface area is 135 Å². The van der Waals surface area contributed by atoms with Crippen LogP contribution in [0.1, 0.15) is 54.4 Å². The molecule has 1 fully saturated rings. The van der Waals surface area contributed by atoms with Crippen LogP contribution in [0, 0.1) is 5.41 Å². The lowest BCUT2D eigenvalue weighted by atomic mass is 9.65. The van der Waals surface area contributed by atoms with Crippen molar-refractivity contribution < 1.29 is 14.7 Å². The number of carboxylic acids is 1. The zero-order valence-electron chi connectivity index (χ0n) is 12.6. The minimum atomic E-state index is -0.886. The van der Waals surface area contributed by atoms with Crippen LogP contribution in [-0.2, 0) is 10.7 Å². The number of carboxylic acid groups (broad SMARTS) is 1. The molecule has 1 aliphatic rings. The normalized spacial score (nSPS) is 18.6. The molecule has 0 aliphatic heterocycles. The minimum Gasteiger partial charge on any atom is -0.481 e. The molecule has 0 spiro atoms. The highest BCUT2D eigenvalue weighted by Gasteiger charge is 2.43. The number of aliphatic carboxylic acids is 1. The summed E-state index contributed by atoms with van der Waals surface area (Å²) in [4.78, 5) is 23.9. The van der Waals surface area contributed by atoms with E-state index in [2.05, 4.69) is 0 Å². The highest BCUT2D eigenvalue weighted by Crippen LogP contribution is 2.42. The fraction of sp³-hybridized carbons (Fsp3) is 0.529. The second kappa shape index (κ2) is 7.25. The summed E-state index contributed by atoms with van der Waals surface area (Å²) in [6.07, 6.45) is 4.29. The number of hydrogen-bond acceptors (Lipinski definition) is 3. The third-order valence-electron chi connectivity index (χ3n) is 4.69. The maximum absolute atomic E-state index is 12.7. The molecule has 22 heavy (non-hydrogen) atoms. The lowest BCUT2D eigenvalue weighted by molar-refractivity contribution is -0.140. The van der Waals surface area contributed by atoms with E-state index < -0.39 is 17.4 Å². The van der Waals surface area contributed by atoms with E-state index in [1.54, 1.807) is 24.3 Å². The van der Waals surface area contributed by atoms with Gasteiger partial charge in [-0.3, -0.25) is 9.59 Å². The minimum absolute atomic E-state index is 0.0420. The summed E-state index contributed by atoms with van der Waals surface area (Å²) in [6, 6.07) is 6.27. The van der Waals surface area contributed by atoms with Gasteiger partial charge >= 0.3 is 5.97 Å². The first-order chi connectivity index (χ1) is 10.5. The second-order valence-electron chi connectivity index (χ2n) is 6.17. The molecule has 1 unspecified atom stereocenters. The van der Waals surface area contributed by atoms with Crippen LogP contribution in [-0.4, -0.2) is 22.9 Å². The van der Waals surface area contributed by atoms with E-state index in [4.69, 9.17) is 17.3 Å². The number of Topliss-reactive ketones (excluding diaryl/α,β-unsaturated/α-hetero) is 1. The van der Waals surface area contributed by atoms with Gasteiger partial charge in [0.2, 0.25) is 0 Å². The molecule has 2 rings (SSSR count). The molecule has 0 saturated heterocycles.